The third kappa shape index (κ3) is 8.90. The summed E-state index contributed by atoms with van der Waals surface area (Å²) in [5.41, 5.74) is 2.73. The van der Waals surface area contributed by atoms with E-state index in [0.717, 1.165) is 26.0 Å². The quantitative estimate of drug-likeness (QED) is 0.768. The van der Waals surface area contributed by atoms with Crippen molar-refractivity contribution < 1.29 is 4.74 Å². The van der Waals surface area contributed by atoms with Gasteiger partial charge in [0.2, 0.25) is 0 Å². The van der Waals surface area contributed by atoms with Gasteiger partial charge >= 0.3 is 0 Å². The molecule has 1 aromatic carbocycles. The van der Waals surface area contributed by atoms with Crippen molar-refractivity contribution in [2.45, 2.75) is 66.0 Å². The molecule has 0 amide bonds. The summed E-state index contributed by atoms with van der Waals surface area (Å²) in [6.07, 6.45) is 2.22. The molecule has 1 aromatic rings. The minimum Gasteiger partial charge on any atom is -0.376 e. The van der Waals surface area contributed by atoms with Crippen molar-refractivity contribution >= 4 is 0 Å². The zero-order valence-corrected chi connectivity index (χ0v) is 14.7. The zero-order chi connectivity index (χ0) is 15.9. The Bertz CT molecular complexity index is 406. The summed E-state index contributed by atoms with van der Waals surface area (Å²) in [6.45, 7) is 14.8. The third-order valence-corrected chi connectivity index (χ3v) is 3.48. The number of hydrogen-bond donors (Lipinski definition) is 1. The van der Waals surface area contributed by atoms with Crippen molar-refractivity contribution in [2.24, 2.45) is 5.92 Å². The molecule has 2 heteroatoms. The molecule has 1 rings (SSSR count). The van der Waals surface area contributed by atoms with Crippen LogP contribution in [0.15, 0.2) is 24.3 Å². The first-order valence-electron chi connectivity index (χ1n) is 8.19. The van der Waals surface area contributed by atoms with Crippen LogP contribution in [0.2, 0.25) is 0 Å². The third-order valence-electron chi connectivity index (χ3n) is 3.48. The Kier molecular flexibility index (Phi) is 7.41. The number of ether oxygens (including phenoxy) is 1. The summed E-state index contributed by atoms with van der Waals surface area (Å²) in [4.78, 5) is 0. The lowest BCUT2D eigenvalue weighted by Gasteiger charge is -2.23. The lowest BCUT2D eigenvalue weighted by atomic mass is 9.95. The molecule has 1 N–H and O–H groups in total. The Morgan fingerprint density at radius 2 is 1.90 bits per heavy atom. The lowest BCUT2D eigenvalue weighted by molar-refractivity contribution is -0.00927. The van der Waals surface area contributed by atoms with E-state index >= 15 is 0 Å². The first-order valence-corrected chi connectivity index (χ1v) is 8.19. The van der Waals surface area contributed by atoms with Gasteiger partial charge < -0.3 is 10.1 Å². The average Bonchev–Trinajstić information content (AvgIpc) is 2.34. The molecule has 0 heterocycles. The topological polar surface area (TPSA) is 21.3 Å². The summed E-state index contributed by atoms with van der Waals surface area (Å²) in [5, 5.41) is 3.57. The Labute approximate surface area is 131 Å². The van der Waals surface area contributed by atoms with E-state index in [9.17, 15) is 0 Å². The molecule has 2 nitrogen and oxygen atoms in total. The molecule has 0 bridgehead atoms. The second-order valence-corrected chi connectivity index (χ2v) is 7.37. The SMILES string of the molecule is Cc1cccc(CC(CCOC(C)(C)C)CNC(C)C)c1. The fourth-order valence-corrected chi connectivity index (χ4v) is 2.38. The Morgan fingerprint density at radius 1 is 1.19 bits per heavy atom. The van der Waals surface area contributed by atoms with E-state index in [-0.39, 0.29) is 5.60 Å². The van der Waals surface area contributed by atoms with Crippen molar-refractivity contribution in [1.29, 1.82) is 0 Å². The van der Waals surface area contributed by atoms with Gasteiger partial charge in [0.15, 0.2) is 0 Å². The van der Waals surface area contributed by atoms with Crippen LogP contribution < -0.4 is 5.32 Å². The fraction of sp³-hybridized carbons (Fsp3) is 0.684. The van der Waals surface area contributed by atoms with Crippen molar-refractivity contribution in [2.75, 3.05) is 13.2 Å². The van der Waals surface area contributed by atoms with Crippen molar-refractivity contribution in [1.82, 2.24) is 5.32 Å². The van der Waals surface area contributed by atoms with E-state index in [1.807, 2.05) is 0 Å². The lowest BCUT2D eigenvalue weighted by Crippen LogP contribution is -2.31. The molecule has 0 aliphatic heterocycles. The Balaban J connectivity index is 2.55. The molecule has 0 fully saturated rings. The minimum atomic E-state index is -0.0423. The molecule has 0 radical (unpaired) electrons. The van der Waals surface area contributed by atoms with E-state index in [0.29, 0.717) is 12.0 Å². The van der Waals surface area contributed by atoms with Gasteiger partial charge in [0.05, 0.1) is 5.60 Å². The summed E-state index contributed by atoms with van der Waals surface area (Å²) in [5.74, 6) is 0.622. The van der Waals surface area contributed by atoms with E-state index < -0.39 is 0 Å². The maximum atomic E-state index is 5.90. The molecule has 0 spiro atoms. The highest BCUT2D eigenvalue weighted by molar-refractivity contribution is 5.22. The fourth-order valence-electron chi connectivity index (χ4n) is 2.38. The maximum Gasteiger partial charge on any atom is 0.0598 e. The minimum absolute atomic E-state index is 0.0423. The summed E-state index contributed by atoms with van der Waals surface area (Å²) >= 11 is 0. The van der Waals surface area contributed by atoms with Crippen molar-refractivity contribution in [3.63, 3.8) is 0 Å². The molecule has 1 unspecified atom stereocenters. The van der Waals surface area contributed by atoms with E-state index in [2.05, 4.69) is 71.1 Å². The van der Waals surface area contributed by atoms with Crippen LogP contribution in [0.5, 0.6) is 0 Å². The molecule has 0 aromatic heterocycles. The molecule has 1 atom stereocenters. The van der Waals surface area contributed by atoms with Crippen molar-refractivity contribution in [3.05, 3.63) is 35.4 Å². The second kappa shape index (κ2) is 8.55. The van der Waals surface area contributed by atoms with Crippen LogP contribution in [0.3, 0.4) is 0 Å². The molecule has 0 aliphatic carbocycles. The largest absolute Gasteiger partial charge is 0.376 e. The van der Waals surface area contributed by atoms with Gasteiger partial charge in [0, 0.05) is 12.6 Å². The maximum absolute atomic E-state index is 5.90. The Morgan fingerprint density at radius 3 is 2.48 bits per heavy atom. The van der Waals surface area contributed by atoms with Crippen LogP contribution >= 0.6 is 0 Å². The van der Waals surface area contributed by atoms with Gasteiger partial charge in [-0.15, -0.1) is 0 Å². The number of nitrogens with one attached hydrogen (secondary N) is 1. The van der Waals surface area contributed by atoms with Crippen LogP contribution in [-0.4, -0.2) is 24.8 Å². The monoisotopic (exact) mass is 291 g/mol. The molecule has 0 aliphatic rings. The van der Waals surface area contributed by atoms with Gasteiger partial charge in [0.25, 0.3) is 0 Å². The number of hydrogen-bond acceptors (Lipinski definition) is 2. The van der Waals surface area contributed by atoms with E-state index in [4.69, 9.17) is 4.74 Å². The van der Waals surface area contributed by atoms with Gasteiger partial charge in [-0.05, 0) is 58.6 Å². The number of benzene rings is 1. The van der Waals surface area contributed by atoms with Crippen LogP contribution in [0, 0.1) is 12.8 Å². The zero-order valence-electron chi connectivity index (χ0n) is 14.7. The highest BCUT2D eigenvalue weighted by Crippen LogP contribution is 2.16. The number of aryl methyl sites for hydroxylation is 1. The molecular weight excluding hydrogens is 258 g/mol. The van der Waals surface area contributed by atoms with Crippen LogP contribution in [0.1, 0.15) is 52.2 Å². The average molecular weight is 291 g/mol. The smallest absolute Gasteiger partial charge is 0.0598 e. The van der Waals surface area contributed by atoms with Crippen LogP contribution in [0.4, 0.5) is 0 Å². The molecule has 21 heavy (non-hydrogen) atoms. The van der Waals surface area contributed by atoms with Crippen LogP contribution in [-0.2, 0) is 11.2 Å². The van der Waals surface area contributed by atoms with Gasteiger partial charge in [-0.25, -0.2) is 0 Å². The van der Waals surface area contributed by atoms with E-state index in [1.54, 1.807) is 0 Å². The van der Waals surface area contributed by atoms with Gasteiger partial charge in [-0.1, -0.05) is 43.7 Å². The molecular formula is C19H33NO. The summed E-state index contributed by atoms with van der Waals surface area (Å²) < 4.78 is 5.90. The molecule has 0 saturated carbocycles. The highest BCUT2D eigenvalue weighted by atomic mass is 16.5. The summed E-state index contributed by atoms with van der Waals surface area (Å²) in [7, 11) is 0. The Hall–Kier alpha value is -0.860. The first kappa shape index (κ1) is 18.2. The molecule has 0 saturated heterocycles. The number of rotatable bonds is 8. The van der Waals surface area contributed by atoms with Gasteiger partial charge in [-0.3, -0.25) is 0 Å². The second-order valence-electron chi connectivity index (χ2n) is 7.37. The van der Waals surface area contributed by atoms with Crippen molar-refractivity contribution in [3.8, 4) is 0 Å². The predicted octanol–water partition coefficient (Wildman–Crippen LogP) is 4.36. The van der Waals surface area contributed by atoms with Gasteiger partial charge in [-0.2, -0.15) is 0 Å². The standard InChI is InChI=1S/C19H33NO/c1-15(2)20-14-18(10-11-21-19(4,5)6)13-17-9-7-8-16(3)12-17/h7-9,12,15,18,20H,10-11,13-14H2,1-6H3. The van der Waals surface area contributed by atoms with Gasteiger partial charge in [0.1, 0.15) is 0 Å². The van der Waals surface area contributed by atoms with E-state index in [1.165, 1.54) is 11.1 Å². The predicted molar refractivity (Wildman–Crippen MR) is 91.8 cm³/mol. The van der Waals surface area contributed by atoms with Crippen LogP contribution in [0.25, 0.3) is 0 Å². The highest BCUT2D eigenvalue weighted by Gasteiger charge is 2.14. The normalized spacial score (nSPS) is 13.7. The summed E-state index contributed by atoms with van der Waals surface area (Å²) in [6, 6.07) is 9.39. The molecule has 120 valence electrons. The first-order chi connectivity index (χ1) is 9.76.